The minimum atomic E-state index is -4.05. The van der Waals surface area contributed by atoms with E-state index in [1.165, 1.54) is 7.11 Å². The first kappa shape index (κ1) is 20.6. The molecule has 0 unspecified atom stereocenters. The quantitative estimate of drug-likeness (QED) is 0.191. The lowest BCUT2D eigenvalue weighted by molar-refractivity contribution is -0.132. The average molecular weight is 403 g/mol. The Morgan fingerprint density at radius 1 is 1.15 bits per heavy atom. The van der Waals surface area contributed by atoms with Gasteiger partial charge in [-0.15, -0.1) is 6.42 Å². The number of carbonyl (C=O) groups excluding carboxylic acids is 1. The summed E-state index contributed by atoms with van der Waals surface area (Å²) >= 11 is 0.946. The number of hydrogen-bond acceptors (Lipinski definition) is 7. The zero-order valence-electron chi connectivity index (χ0n) is 14.7. The van der Waals surface area contributed by atoms with E-state index in [1.54, 1.807) is 36.4 Å². The SMILES string of the molecule is C#Cc1ccc(CS(=O)(=O)O/N=C(\Sc2ccc(C)cc2)C(=O)OC)cc1. The summed E-state index contributed by atoms with van der Waals surface area (Å²) in [6, 6.07) is 13.7. The second-order valence-electron chi connectivity index (χ2n) is 5.42. The number of terminal acetylenes is 1. The van der Waals surface area contributed by atoms with Gasteiger partial charge >= 0.3 is 16.1 Å². The molecule has 0 radical (unpaired) electrons. The molecule has 0 heterocycles. The number of methoxy groups -OCH3 is 1. The number of hydrogen-bond donors (Lipinski definition) is 0. The number of carbonyl (C=O) groups is 1. The molecule has 0 spiro atoms. The molecule has 27 heavy (non-hydrogen) atoms. The third-order valence-corrected chi connectivity index (χ3v) is 5.22. The normalized spacial score (nSPS) is 11.5. The van der Waals surface area contributed by atoms with Crippen molar-refractivity contribution in [1.82, 2.24) is 0 Å². The molecule has 6 nitrogen and oxygen atoms in total. The second kappa shape index (κ2) is 9.26. The fraction of sp³-hybridized carbons (Fsp3) is 0.158. The van der Waals surface area contributed by atoms with Crippen LogP contribution in [0.15, 0.2) is 58.6 Å². The highest BCUT2D eigenvalue weighted by molar-refractivity contribution is 8.15. The van der Waals surface area contributed by atoms with Gasteiger partial charge in [0.1, 0.15) is 5.75 Å². The maximum absolute atomic E-state index is 12.1. The summed E-state index contributed by atoms with van der Waals surface area (Å²) in [6.07, 6.45) is 5.26. The van der Waals surface area contributed by atoms with Crippen LogP contribution in [-0.2, 0) is 29.7 Å². The van der Waals surface area contributed by atoms with E-state index in [4.69, 9.17) is 6.42 Å². The van der Waals surface area contributed by atoms with Crippen LogP contribution in [0.1, 0.15) is 16.7 Å². The average Bonchev–Trinajstić information content (AvgIpc) is 2.66. The molecule has 0 aliphatic carbocycles. The smallest absolute Gasteiger partial charge is 0.367 e. The van der Waals surface area contributed by atoms with Crippen molar-refractivity contribution < 1.29 is 22.2 Å². The molecule has 0 saturated carbocycles. The molecule has 0 bridgehead atoms. The van der Waals surface area contributed by atoms with Crippen molar-refractivity contribution in [1.29, 1.82) is 0 Å². The van der Waals surface area contributed by atoms with E-state index in [0.717, 1.165) is 17.3 Å². The molecular weight excluding hydrogens is 386 g/mol. The molecule has 0 N–H and O–H groups in total. The number of nitrogens with zero attached hydrogens (tertiary/aromatic N) is 1. The van der Waals surface area contributed by atoms with E-state index in [2.05, 4.69) is 20.1 Å². The van der Waals surface area contributed by atoms with Crippen LogP contribution in [0.4, 0.5) is 0 Å². The van der Waals surface area contributed by atoms with Crippen molar-refractivity contribution in [2.45, 2.75) is 17.6 Å². The lowest BCUT2D eigenvalue weighted by Gasteiger charge is -2.06. The lowest BCUT2D eigenvalue weighted by atomic mass is 10.2. The maximum atomic E-state index is 12.1. The monoisotopic (exact) mass is 403 g/mol. The van der Waals surface area contributed by atoms with Crippen molar-refractivity contribution in [3.8, 4) is 12.3 Å². The Kier molecular flexibility index (Phi) is 7.05. The van der Waals surface area contributed by atoms with Crippen molar-refractivity contribution in [2.24, 2.45) is 5.16 Å². The zero-order valence-corrected chi connectivity index (χ0v) is 16.3. The van der Waals surface area contributed by atoms with Crippen LogP contribution in [0.25, 0.3) is 0 Å². The van der Waals surface area contributed by atoms with Crippen LogP contribution in [0, 0.1) is 19.3 Å². The topological polar surface area (TPSA) is 82.0 Å². The van der Waals surface area contributed by atoms with Crippen LogP contribution in [-0.4, -0.2) is 26.5 Å². The van der Waals surface area contributed by atoms with Gasteiger partial charge in [0.15, 0.2) is 0 Å². The summed E-state index contributed by atoms with van der Waals surface area (Å²) in [7, 11) is -2.87. The number of rotatable bonds is 5. The lowest BCUT2D eigenvalue weighted by Crippen LogP contribution is -2.14. The Balaban J connectivity index is 2.13. The van der Waals surface area contributed by atoms with Gasteiger partial charge in [-0.2, -0.15) is 8.42 Å². The number of esters is 1. The summed E-state index contributed by atoms with van der Waals surface area (Å²) in [5.41, 5.74) is 2.16. The summed E-state index contributed by atoms with van der Waals surface area (Å²) < 4.78 is 33.6. The number of ether oxygens (including phenoxy) is 1. The van der Waals surface area contributed by atoms with E-state index in [0.29, 0.717) is 16.0 Å². The van der Waals surface area contributed by atoms with E-state index in [-0.39, 0.29) is 5.04 Å². The van der Waals surface area contributed by atoms with Crippen molar-refractivity contribution in [3.05, 3.63) is 65.2 Å². The molecule has 0 aliphatic heterocycles. The van der Waals surface area contributed by atoms with Crippen LogP contribution < -0.4 is 0 Å². The first-order chi connectivity index (χ1) is 12.8. The predicted octanol–water partition coefficient (Wildman–Crippen LogP) is 3.10. The third kappa shape index (κ3) is 6.47. The highest BCUT2D eigenvalue weighted by atomic mass is 32.2. The van der Waals surface area contributed by atoms with Crippen LogP contribution in [0.2, 0.25) is 0 Å². The van der Waals surface area contributed by atoms with Gasteiger partial charge in [0.25, 0.3) is 0 Å². The maximum Gasteiger partial charge on any atom is 0.367 e. The molecule has 0 atom stereocenters. The Morgan fingerprint density at radius 2 is 1.78 bits per heavy atom. The third-order valence-electron chi connectivity index (χ3n) is 3.29. The summed E-state index contributed by atoms with van der Waals surface area (Å²) in [5.74, 6) is 1.24. The van der Waals surface area contributed by atoms with Gasteiger partial charge in [-0.3, -0.25) is 4.28 Å². The minimum Gasteiger partial charge on any atom is -0.464 e. The molecule has 2 aromatic carbocycles. The fourth-order valence-electron chi connectivity index (χ4n) is 1.92. The van der Waals surface area contributed by atoms with E-state index in [1.807, 2.05) is 19.1 Å². The van der Waals surface area contributed by atoms with Gasteiger partial charge in [-0.25, -0.2) is 4.79 Å². The molecule has 2 aromatic rings. The Labute approximate surface area is 162 Å². The number of benzene rings is 2. The van der Waals surface area contributed by atoms with Gasteiger partial charge in [0.05, 0.1) is 7.11 Å². The number of thioether (sulfide) groups is 1. The van der Waals surface area contributed by atoms with Crippen LogP contribution in [0.5, 0.6) is 0 Å². The first-order valence-electron chi connectivity index (χ1n) is 7.70. The number of oxime groups is 1. The summed E-state index contributed by atoms with van der Waals surface area (Å²) in [4.78, 5) is 12.6. The molecule has 0 aliphatic rings. The fourth-order valence-corrected chi connectivity index (χ4v) is 3.55. The van der Waals surface area contributed by atoms with E-state index >= 15 is 0 Å². The highest BCUT2D eigenvalue weighted by Gasteiger charge is 2.19. The summed E-state index contributed by atoms with van der Waals surface area (Å²) in [6.45, 7) is 1.93. The molecule has 0 aromatic heterocycles. The van der Waals surface area contributed by atoms with Gasteiger partial charge in [-0.05, 0) is 36.8 Å². The van der Waals surface area contributed by atoms with Crippen molar-refractivity contribution >= 4 is 32.9 Å². The van der Waals surface area contributed by atoms with Crippen molar-refractivity contribution in [2.75, 3.05) is 7.11 Å². The van der Waals surface area contributed by atoms with Gasteiger partial charge in [-0.1, -0.05) is 52.7 Å². The minimum absolute atomic E-state index is 0.229. The van der Waals surface area contributed by atoms with Gasteiger partial charge < -0.3 is 4.74 Å². The van der Waals surface area contributed by atoms with E-state index in [9.17, 15) is 13.2 Å². The number of aryl methyl sites for hydroxylation is 1. The first-order valence-corrected chi connectivity index (χ1v) is 10.1. The predicted molar refractivity (Wildman–Crippen MR) is 105 cm³/mol. The van der Waals surface area contributed by atoms with Gasteiger partial charge in [0.2, 0.25) is 5.04 Å². The summed E-state index contributed by atoms with van der Waals surface area (Å²) in [5, 5.41) is 3.27. The zero-order chi connectivity index (χ0) is 19.9. The van der Waals surface area contributed by atoms with Crippen molar-refractivity contribution in [3.63, 3.8) is 0 Å². The van der Waals surface area contributed by atoms with Gasteiger partial charge in [0, 0.05) is 10.5 Å². The molecule has 0 saturated heterocycles. The molecule has 0 fully saturated rings. The van der Waals surface area contributed by atoms with Crippen LogP contribution >= 0.6 is 11.8 Å². The Bertz CT molecular complexity index is 972. The molecule has 2 rings (SSSR count). The highest BCUT2D eigenvalue weighted by Crippen LogP contribution is 2.21. The molecule has 0 amide bonds. The standard InChI is InChI=1S/C19H17NO5S2/c1-4-15-7-9-16(10-8-15)13-27(22,23)25-20-18(19(21)24-3)26-17-11-5-14(2)6-12-17/h1,5-12H,13H2,2-3H3/b20-18-. The van der Waals surface area contributed by atoms with Crippen LogP contribution in [0.3, 0.4) is 0 Å². The molecular formula is C19H17NO5S2. The molecule has 8 heteroatoms. The van der Waals surface area contributed by atoms with E-state index < -0.39 is 21.8 Å². The second-order valence-corrected chi connectivity index (χ2v) is 8.04. The Hall–Kier alpha value is -2.76. The Morgan fingerprint density at radius 3 is 2.33 bits per heavy atom. The largest absolute Gasteiger partial charge is 0.464 e. The molecule has 140 valence electrons.